The lowest BCUT2D eigenvalue weighted by Crippen LogP contribution is -2.29. The molecule has 3 heteroatoms. The molecule has 0 saturated heterocycles. The summed E-state index contributed by atoms with van der Waals surface area (Å²) in [5, 5.41) is 6.89. The second kappa shape index (κ2) is 6.82. The molecule has 0 aliphatic carbocycles. The van der Waals surface area contributed by atoms with Crippen LogP contribution in [0, 0.1) is 10.8 Å². The smallest absolute Gasteiger partial charge is 0.290 e. The van der Waals surface area contributed by atoms with Gasteiger partial charge in [0.15, 0.2) is 0 Å². The van der Waals surface area contributed by atoms with E-state index in [1.807, 2.05) is 0 Å². The van der Waals surface area contributed by atoms with Crippen molar-refractivity contribution in [3.05, 3.63) is 0 Å². The summed E-state index contributed by atoms with van der Waals surface area (Å²) in [5.41, 5.74) is 6.42. The van der Waals surface area contributed by atoms with E-state index in [1.165, 1.54) is 12.8 Å². The normalized spacial score (nSPS) is 11.6. The summed E-state index contributed by atoms with van der Waals surface area (Å²) in [6.07, 6.45) is 2.45. The van der Waals surface area contributed by atoms with Crippen LogP contribution in [0.15, 0.2) is 0 Å². The Balaban J connectivity index is 0. The zero-order valence-electron chi connectivity index (χ0n) is 10.1. The lowest BCUT2D eigenvalue weighted by Gasteiger charge is -2.33. The highest BCUT2D eigenvalue weighted by Crippen LogP contribution is 2.34. The first-order valence-corrected chi connectivity index (χ1v) is 5.02. The van der Waals surface area contributed by atoms with Gasteiger partial charge in [0.25, 0.3) is 6.47 Å². The van der Waals surface area contributed by atoms with E-state index >= 15 is 0 Å². The fourth-order valence-electron chi connectivity index (χ4n) is 1.49. The lowest BCUT2D eigenvalue weighted by atomic mass is 9.74. The monoisotopic (exact) mass is 203 g/mol. The Morgan fingerprint density at radius 2 is 1.57 bits per heavy atom. The molecule has 0 rings (SSSR count). The second-order valence-electron chi connectivity index (χ2n) is 5.17. The highest BCUT2D eigenvalue weighted by molar-refractivity contribution is 5.32. The van der Waals surface area contributed by atoms with Gasteiger partial charge in [-0.15, -0.1) is 0 Å². The Kier molecular flexibility index (Phi) is 7.74. The van der Waals surface area contributed by atoms with Crippen LogP contribution in [0.25, 0.3) is 0 Å². The van der Waals surface area contributed by atoms with E-state index in [0.29, 0.717) is 10.8 Å². The SMILES string of the molecule is CCC(C)(C)CC(C)(C)CN.O=CO. The molecule has 0 saturated carbocycles. The first kappa shape index (κ1) is 15.9. The van der Waals surface area contributed by atoms with Gasteiger partial charge in [0.05, 0.1) is 0 Å². The van der Waals surface area contributed by atoms with Gasteiger partial charge in [0.1, 0.15) is 0 Å². The third kappa shape index (κ3) is 9.52. The summed E-state index contributed by atoms with van der Waals surface area (Å²) in [4.78, 5) is 8.36. The van der Waals surface area contributed by atoms with Crippen LogP contribution < -0.4 is 5.73 Å². The van der Waals surface area contributed by atoms with E-state index in [2.05, 4.69) is 34.6 Å². The average molecular weight is 203 g/mol. The number of carbonyl (C=O) groups is 1. The third-order valence-electron chi connectivity index (χ3n) is 2.47. The van der Waals surface area contributed by atoms with Gasteiger partial charge in [0.2, 0.25) is 0 Å². The maximum atomic E-state index is 8.36. The van der Waals surface area contributed by atoms with Gasteiger partial charge in [-0.25, -0.2) is 0 Å². The molecule has 0 aliphatic heterocycles. The molecule has 14 heavy (non-hydrogen) atoms. The fourth-order valence-corrected chi connectivity index (χ4v) is 1.49. The molecule has 0 amide bonds. The van der Waals surface area contributed by atoms with Crippen molar-refractivity contribution in [3.63, 3.8) is 0 Å². The quantitative estimate of drug-likeness (QED) is 0.690. The molecule has 0 aliphatic rings. The van der Waals surface area contributed by atoms with E-state index in [9.17, 15) is 0 Å². The molecular formula is C11H25NO2. The number of hydrogen-bond acceptors (Lipinski definition) is 2. The fraction of sp³-hybridized carbons (Fsp3) is 0.909. The highest BCUT2D eigenvalue weighted by atomic mass is 16.3. The number of nitrogens with two attached hydrogens (primary N) is 1. The van der Waals surface area contributed by atoms with Gasteiger partial charge in [-0.1, -0.05) is 41.0 Å². The molecule has 86 valence electrons. The van der Waals surface area contributed by atoms with Crippen LogP contribution in [0.5, 0.6) is 0 Å². The number of carboxylic acid groups (broad SMARTS) is 1. The maximum Gasteiger partial charge on any atom is 0.290 e. The minimum absolute atomic E-state index is 0.250. The van der Waals surface area contributed by atoms with Crippen molar-refractivity contribution >= 4 is 6.47 Å². The van der Waals surface area contributed by atoms with Crippen molar-refractivity contribution in [1.29, 1.82) is 0 Å². The highest BCUT2D eigenvalue weighted by Gasteiger charge is 2.25. The van der Waals surface area contributed by atoms with Crippen LogP contribution in [-0.2, 0) is 4.79 Å². The minimum Gasteiger partial charge on any atom is -0.483 e. The van der Waals surface area contributed by atoms with E-state index in [-0.39, 0.29) is 6.47 Å². The number of hydrogen-bond donors (Lipinski definition) is 2. The molecule has 0 spiro atoms. The first-order valence-electron chi connectivity index (χ1n) is 5.02. The van der Waals surface area contributed by atoms with Crippen LogP contribution in [0.4, 0.5) is 0 Å². The summed E-state index contributed by atoms with van der Waals surface area (Å²) in [6.45, 7) is 11.9. The minimum atomic E-state index is -0.250. The predicted molar refractivity (Wildman–Crippen MR) is 60.2 cm³/mol. The maximum absolute atomic E-state index is 8.36. The predicted octanol–water partition coefficient (Wildman–Crippen LogP) is 2.50. The molecule has 0 unspecified atom stereocenters. The molecule has 3 nitrogen and oxygen atoms in total. The molecule has 0 aromatic rings. The molecule has 0 heterocycles. The van der Waals surface area contributed by atoms with Crippen molar-refractivity contribution in [2.75, 3.05) is 6.54 Å². The van der Waals surface area contributed by atoms with Crippen molar-refractivity contribution < 1.29 is 9.90 Å². The molecule has 0 radical (unpaired) electrons. The average Bonchev–Trinajstić information content (AvgIpc) is 2.04. The Hall–Kier alpha value is -0.570. The van der Waals surface area contributed by atoms with Gasteiger partial charge >= 0.3 is 0 Å². The second-order valence-corrected chi connectivity index (χ2v) is 5.17. The largest absolute Gasteiger partial charge is 0.483 e. The van der Waals surface area contributed by atoms with E-state index in [4.69, 9.17) is 15.6 Å². The van der Waals surface area contributed by atoms with Gasteiger partial charge in [0, 0.05) is 0 Å². The molecule has 0 aromatic heterocycles. The van der Waals surface area contributed by atoms with Gasteiger partial charge in [-0.2, -0.15) is 0 Å². The van der Waals surface area contributed by atoms with Crippen molar-refractivity contribution in [3.8, 4) is 0 Å². The van der Waals surface area contributed by atoms with Crippen LogP contribution in [0.2, 0.25) is 0 Å². The first-order chi connectivity index (χ1) is 6.24. The van der Waals surface area contributed by atoms with Crippen molar-refractivity contribution in [1.82, 2.24) is 0 Å². The Morgan fingerprint density at radius 3 is 1.79 bits per heavy atom. The summed E-state index contributed by atoms with van der Waals surface area (Å²) >= 11 is 0. The molecule has 3 N–H and O–H groups in total. The third-order valence-corrected chi connectivity index (χ3v) is 2.47. The van der Waals surface area contributed by atoms with Crippen molar-refractivity contribution in [2.45, 2.75) is 47.5 Å². The van der Waals surface area contributed by atoms with Crippen LogP contribution >= 0.6 is 0 Å². The molecule has 0 fully saturated rings. The van der Waals surface area contributed by atoms with Gasteiger partial charge < -0.3 is 10.8 Å². The number of rotatable bonds is 4. The van der Waals surface area contributed by atoms with Crippen LogP contribution in [0.3, 0.4) is 0 Å². The molecule has 0 atom stereocenters. The topological polar surface area (TPSA) is 63.3 Å². The Morgan fingerprint density at radius 1 is 1.21 bits per heavy atom. The van der Waals surface area contributed by atoms with Gasteiger partial charge in [-0.3, -0.25) is 4.79 Å². The molecule has 0 bridgehead atoms. The summed E-state index contributed by atoms with van der Waals surface area (Å²) in [7, 11) is 0. The molecular weight excluding hydrogens is 178 g/mol. The van der Waals surface area contributed by atoms with E-state index < -0.39 is 0 Å². The zero-order chi connectivity index (χ0) is 11.8. The molecule has 0 aromatic carbocycles. The Bertz CT molecular complexity index is 139. The summed E-state index contributed by atoms with van der Waals surface area (Å²) < 4.78 is 0. The zero-order valence-corrected chi connectivity index (χ0v) is 10.1. The van der Waals surface area contributed by atoms with E-state index in [1.54, 1.807) is 0 Å². The summed E-state index contributed by atoms with van der Waals surface area (Å²) in [5.74, 6) is 0. The Labute approximate surface area is 87.7 Å². The van der Waals surface area contributed by atoms with Crippen LogP contribution in [0.1, 0.15) is 47.5 Å². The van der Waals surface area contributed by atoms with E-state index in [0.717, 1.165) is 6.54 Å². The van der Waals surface area contributed by atoms with Crippen molar-refractivity contribution in [2.24, 2.45) is 16.6 Å². The summed E-state index contributed by atoms with van der Waals surface area (Å²) in [6, 6.07) is 0. The standard InChI is InChI=1S/C10H23N.CH2O2/c1-6-9(2,3)7-10(4,5)8-11;2-1-3/h6-8,11H2,1-5H3;1H,(H,2,3). The van der Waals surface area contributed by atoms with Gasteiger partial charge in [-0.05, 0) is 23.8 Å². The van der Waals surface area contributed by atoms with Crippen LogP contribution in [-0.4, -0.2) is 18.1 Å². The lowest BCUT2D eigenvalue weighted by molar-refractivity contribution is -0.122.